The van der Waals surface area contributed by atoms with Gasteiger partial charge in [-0.1, -0.05) is 36.2 Å². The van der Waals surface area contributed by atoms with Gasteiger partial charge in [0.1, 0.15) is 6.04 Å². The van der Waals surface area contributed by atoms with Crippen molar-refractivity contribution in [3.8, 4) is 0 Å². The van der Waals surface area contributed by atoms with Crippen molar-refractivity contribution in [2.75, 3.05) is 31.1 Å². The first-order valence-corrected chi connectivity index (χ1v) is 15.7. The number of carbonyl (C=O) groups is 2. The van der Waals surface area contributed by atoms with E-state index < -0.39 is 39.4 Å². The number of amides is 2. The van der Waals surface area contributed by atoms with Crippen LogP contribution in [0.3, 0.4) is 0 Å². The van der Waals surface area contributed by atoms with Crippen LogP contribution in [0.2, 0.25) is 0 Å². The summed E-state index contributed by atoms with van der Waals surface area (Å²) in [6.07, 6.45) is 1.86. The molecule has 2 fully saturated rings. The Morgan fingerprint density at radius 3 is 2.40 bits per heavy atom. The highest BCUT2D eigenvalue weighted by Crippen LogP contribution is 2.52. The number of sulfone groups is 1. The van der Waals surface area contributed by atoms with E-state index in [-0.39, 0.29) is 48.0 Å². The molecule has 7 nitrogen and oxygen atoms in total. The number of rotatable bonds is 9. The maximum Gasteiger partial charge on any atom is 0.416 e. The number of hydrogen-bond donors (Lipinski definition) is 2. The average Bonchev–Trinajstić information content (AvgIpc) is 3.68. The molecule has 1 heterocycles. The van der Waals surface area contributed by atoms with Crippen molar-refractivity contribution in [3.63, 3.8) is 0 Å². The van der Waals surface area contributed by atoms with Gasteiger partial charge in [0.2, 0.25) is 5.91 Å². The molecule has 1 aromatic rings. The molecule has 3 aliphatic rings. The van der Waals surface area contributed by atoms with Gasteiger partial charge >= 0.3 is 6.18 Å². The summed E-state index contributed by atoms with van der Waals surface area (Å²) in [6, 6.07) is 3.09. The Morgan fingerprint density at radius 2 is 1.80 bits per heavy atom. The fraction of sp³-hybridized carbons (Fsp3) is 0.556. The second-order valence-corrected chi connectivity index (χ2v) is 14.1. The van der Waals surface area contributed by atoms with Crippen LogP contribution in [0.1, 0.15) is 48.5 Å². The van der Waals surface area contributed by atoms with Crippen molar-refractivity contribution < 1.29 is 31.2 Å². The Kier molecular flexibility index (Phi) is 9.29. The molecule has 1 saturated heterocycles. The third-order valence-corrected chi connectivity index (χ3v) is 10.3. The van der Waals surface area contributed by atoms with Crippen molar-refractivity contribution in [2.45, 2.75) is 50.9 Å². The zero-order chi connectivity index (χ0) is 29.3. The standard InChI is InChI=1S/C27H32Cl2F3N3O4S/c1-26(9-8-20(28)21(29)16-26)19-15-23(19)33-10-2-3-22(25(37)35-11-13-40(38,39)14-12-35)34-24(36)17-4-6-18(7-5-17)27(30,31)32/h4-9,19,22-23,33H,2-3,10-16H2,1H3,(H,34,36)/t19-,22+,23?,26?/m1/s1. The third-order valence-electron chi connectivity index (χ3n) is 7.85. The van der Waals surface area contributed by atoms with E-state index in [4.69, 9.17) is 23.2 Å². The summed E-state index contributed by atoms with van der Waals surface area (Å²) in [5.41, 5.74) is -0.988. The van der Waals surface area contributed by atoms with Crippen LogP contribution in [-0.4, -0.2) is 68.4 Å². The molecule has 0 radical (unpaired) electrons. The van der Waals surface area contributed by atoms with E-state index in [1.807, 2.05) is 6.08 Å². The molecular formula is C27H32Cl2F3N3O4S. The molecule has 0 aromatic heterocycles. The topological polar surface area (TPSA) is 95.6 Å². The van der Waals surface area contributed by atoms with Crippen molar-refractivity contribution in [1.29, 1.82) is 0 Å². The summed E-state index contributed by atoms with van der Waals surface area (Å²) in [5.74, 6) is -0.999. The predicted molar refractivity (Wildman–Crippen MR) is 148 cm³/mol. The molecule has 1 aliphatic heterocycles. The van der Waals surface area contributed by atoms with Crippen LogP contribution >= 0.6 is 23.2 Å². The van der Waals surface area contributed by atoms with E-state index in [2.05, 4.69) is 23.6 Å². The van der Waals surface area contributed by atoms with E-state index >= 15 is 0 Å². The maximum absolute atomic E-state index is 13.3. The second-order valence-electron chi connectivity index (χ2n) is 10.9. The van der Waals surface area contributed by atoms with Crippen molar-refractivity contribution in [1.82, 2.24) is 15.5 Å². The van der Waals surface area contributed by atoms with Crippen molar-refractivity contribution in [3.05, 3.63) is 57.6 Å². The van der Waals surface area contributed by atoms with Crippen LogP contribution in [0.15, 0.2) is 46.5 Å². The Hall–Kier alpha value is -2.08. The minimum Gasteiger partial charge on any atom is -0.340 e. The quantitative estimate of drug-likeness (QED) is 0.397. The molecule has 2 N–H and O–H groups in total. The van der Waals surface area contributed by atoms with Gasteiger partial charge in [-0.2, -0.15) is 13.2 Å². The van der Waals surface area contributed by atoms with Crippen molar-refractivity contribution in [2.24, 2.45) is 11.3 Å². The maximum atomic E-state index is 13.3. The highest BCUT2D eigenvalue weighted by Gasteiger charge is 2.49. The van der Waals surface area contributed by atoms with Crippen LogP contribution < -0.4 is 10.6 Å². The predicted octanol–water partition coefficient (Wildman–Crippen LogP) is 4.47. The number of hydrogen-bond acceptors (Lipinski definition) is 5. The largest absolute Gasteiger partial charge is 0.416 e. The smallest absolute Gasteiger partial charge is 0.340 e. The van der Waals surface area contributed by atoms with E-state index in [0.29, 0.717) is 35.4 Å². The number of benzene rings is 1. The van der Waals surface area contributed by atoms with Gasteiger partial charge in [-0.05, 0) is 73.9 Å². The van der Waals surface area contributed by atoms with Crippen LogP contribution in [0.25, 0.3) is 0 Å². The van der Waals surface area contributed by atoms with Gasteiger partial charge in [-0.25, -0.2) is 8.42 Å². The van der Waals surface area contributed by atoms with Crippen LogP contribution in [0, 0.1) is 11.3 Å². The summed E-state index contributed by atoms with van der Waals surface area (Å²) < 4.78 is 62.3. The van der Waals surface area contributed by atoms with Gasteiger partial charge < -0.3 is 15.5 Å². The van der Waals surface area contributed by atoms with Crippen LogP contribution in [-0.2, 0) is 20.8 Å². The number of halogens is 5. The molecule has 0 bridgehead atoms. The van der Waals surface area contributed by atoms with Crippen molar-refractivity contribution >= 4 is 44.9 Å². The monoisotopic (exact) mass is 621 g/mol. The molecule has 0 spiro atoms. The molecule has 13 heteroatoms. The lowest BCUT2D eigenvalue weighted by Gasteiger charge is -2.31. The lowest BCUT2D eigenvalue weighted by molar-refractivity contribution is -0.137. The molecule has 1 aromatic carbocycles. The van der Waals surface area contributed by atoms with E-state index in [1.54, 1.807) is 0 Å². The van der Waals surface area contributed by atoms with Gasteiger partial charge in [-0.3, -0.25) is 9.59 Å². The van der Waals surface area contributed by atoms with Gasteiger partial charge in [0, 0.05) is 29.7 Å². The molecule has 1 saturated carbocycles. The molecule has 40 heavy (non-hydrogen) atoms. The minimum atomic E-state index is -4.53. The summed E-state index contributed by atoms with van der Waals surface area (Å²) in [6.45, 7) is 2.79. The first-order valence-electron chi connectivity index (χ1n) is 13.1. The third kappa shape index (κ3) is 7.60. The number of alkyl halides is 3. The molecule has 4 rings (SSSR count). The van der Waals surface area contributed by atoms with Gasteiger partial charge in [0.15, 0.2) is 9.84 Å². The van der Waals surface area contributed by atoms with E-state index in [9.17, 15) is 31.2 Å². The Morgan fingerprint density at radius 1 is 1.15 bits per heavy atom. The molecule has 220 valence electrons. The molecular weight excluding hydrogens is 590 g/mol. The highest BCUT2D eigenvalue weighted by molar-refractivity contribution is 7.91. The van der Waals surface area contributed by atoms with E-state index in [1.165, 1.54) is 4.90 Å². The summed E-state index contributed by atoms with van der Waals surface area (Å²) in [7, 11) is -3.21. The van der Waals surface area contributed by atoms with Gasteiger partial charge in [0.05, 0.1) is 22.1 Å². The normalized spacial score (nSPS) is 26.9. The number of nitrogens with one attached hydrogen (secondary N) is 2. The fourth-order valence-corrected chi connectivity index (χ4v) is 6.97. The molecule has 2 aliphatic carbocycles. The Labute approximate surface area is 242 Å². The number of allylic oxidation sites excluding steroid dienone is 4. The lowest BCUT2D eigenvalue weighted by atomic mass is 9.78. The molecule has 2 unspecified atom stereocenters. The molecule has 4 atom stereocenters. The summed E-state index contributed by atoms with van der Waals surface area (Å²) in [5, 5.41) is 7.36. The number of carbonyl (C=O) groups excluding carboxylic acids is 2. The highest BCUT2D eigenvalue weighted by atomic mass is 35.5. The zero-order valence-electron chi connectivity index (χ0n) is 21.9. The van der Waals surface area contributed by atoms with Crippen LogP contribution in [0.4, 0.5) is 13.2 Å². The van der Waals surface area contributed by atoms with Gasteiger partial charge in [-0.15, -0.1) is 0 Å². The summed E-state index contributed by atoms with van der Waals surface area (Å²) in [4.78, 5) is 27.5. The fourth-order valence-electron chi connectivity index (χ4n) is 5.29. The Bertz CT molecular complexity index is 1290. The van der Waals surface area contributed by atoms with Gasteiger partial charge in [0.25, 0.3) is 5.91 Å². The zero-order valence-corrected chi connectivity index (χ0v) is 24.3. The Balaban J connectivity index is 1.34. The second kappa shape index (κ2) is 12.0. The first kappa shape index (κ1) is 30.9. The first-order chi connectivity index (χ1) is 18.7. The SMILES string of the molecule is CC1([C@@H]2CC2NCCC[C@H](NC(=O)c2ccc(C(F)(F)F)cc2)C(=O)N2CCS(=O)(=O)CC2)C=CC(Cl)=C(Cl)C1. The average molecular weight is 623 g/mol. The molecule has 2 amide bonds. The summed E-state index contributed by atoms with van der Waals surface area (Å²) >= 11 is 12.4. The lowest BCUT2D eigenvalue weighted by Crippen LogP contribution is -2.53. The van der Waals surface area contributed by atoms with Crippen LogP contribution in [0.5, 0.6) is 0 Å². The number of nitrogens with zero attached hydrogens (tertiary/aromatic N) is 1. The van der Waals surface area contributed by atoms with E-state index in [0.717, 1.165) is 30.7 Å². The minimum absolute atomic E-state index is 0.00689.